The zero-order chi connectivity index (χ0) is 7.56. The molecule has 0 amide bonds. The van der Waals surface area contributed by atoms with Gasteiger partial charge < -0.3 is 4.74 Å². The SMILES string of the molecule is CC(C)C1=CC=COC1C. The molecule has 0 saturated carbocycles. The second-order valence-corrected chi connectivity index (χ2v) is 2.93. The van der Waals surface area contributed by atoms with Gasteiger partial charge in [-0.15, -0.1) is 0 Å². The van der Waals surface area contributed by atoms with Crippen LogP contribution in [-0.2, 0) is 4.74 Å². The highest BCUT2D eigenvalue weighted by Gasteiger charge is 2.13. The lowest BCUT2D eigenvalue weighted by Gasteiger charge is -2.21. The molecule has 1 aliphatic heterocycles. The third-order valence-corrected chi connectivity index (χ3v) is 1.79. The monoisotopic (exact) mass is 138 g/mol. The highest BCUT2D eigenvalue weighted by molar-refractivity contribution is 5.20. The fourth-order valence-corrected chi connectivity index (χ4v) is 1.19. The highest BCUT2D eigenvalue weighted by atomic mass is 16.5. The van der Waals surface area contributed by atoms with Crippen molar-refractivity contribution in [2.24, 2.45) is 5.92 Å². The summed E-state index contributed by atoms with van der Waals surface area (Å²) in [6.45, 7) is 6.45. The minimum Gasteiger partial charge on any atom is -0.494 e. The summed E-state index contributed by atoms with van der Waals surface area (Å²) in [5.41, 5.74) is 1.38. The molecule has 0 aromatic carbocycles. The van der Waals surface area contributed by atoms with Crippen molar-refractivity contribution < 1.29 is 4.74 Å². The molecule has 1 rings (SSSR count). The van der Waals surface area contributed by atoms with Crippen LogP contribution in [-0.4, -0.2) is 6.10 Å². The van der Waals surface area contributed by atoms with Gasteiger partial charge in [0, 0.05) is 0 Å². The van der Waals surface area contributed by atoms with Gasteiger partial charge in [-0.1, -0.05) is 19.9 Å². The number of hydrogen-bond acceptors (Lipinski definition) is 1. The summed E-state index contributed by atoms with van der Waals surface area (Å²) in [6, 6.07) is 0. The van der Waals surface area contributed by atoms with Crippen molar-refractivity contribution in [2.75, 3.05) is 0 Å². The number of allylic oxidation sites excluding steroid dienone is 2. The van der Waals surface area contributed by atoms with Gasteiger partial charge in [-0.3, -0.25) is 0 Å². The van der Waals surface area contributed by atoms with Crippen LogP contribution in [0, 0.1) is 5.92 Å². The highest BCUT2D eigenvalue weighted by Crippen LogP contribution is 2.19. The van der Waals surface area contributed by atoms with Gasteiger partial charge >= 0.3 is 0 Å². The standard InChI is InChI=1S/C9H14O/c1-7(2)9-5-4-6-10-8(9)3/h4-8H,1-3H3. The lowest BCUT2D eigenvalue weighted by molar-refractivity contribution is 0.179. The molecule has 1 nitrogen and oxygen atoms in total. The lowest BCUT2D eigenvalue weighted by Crippen LogP contribution is -2.14. The van der Waals surface area contributed by atoms with E-state index in [-0.39, 0.29) is 6.10 Å². The van der Waals surface area contributed by atoms with Gasteiger partial charge in [0.25, 0.3) is 0 Å². The second kappa shape index (κ2) is 2.91. The Kier molecular flexibility index (Phi) is 2.15. The van der Waals surface area contributed by atoms with E-state index in [1.54, 1.807) is 6.26 Å². The first-order valence-corrected chi connectivity index (χ1v) is 3.74. The van der Waals surface area contributed by atoms with Crippen LogP contribution < -0.4 is 0 Å². The maximum absolute atomic E-state index is 5.30. The summed E-state index contributed by atoms with van der Waals surface area (Å²) >= 11 is 0. The van der Waals surface area contributed by atoms with Crippen LogP contribution in [0.25, 0.3) is 0 Å². The van der Waals surface area contributed by atoms with E-state index < -0.39 is 0 Å². The van der Waals surface area contributed by atoms with Gasteiger partial charge in [0.05, 0.1) is 6.26 Å². The van der Waals surface area contributed by atoms with E-state index in [4.69, 9.17) is 4.74 Å². The number of hydrogen-bond donors (Lipinski definition) is 0. The summed E-state index contributed by atoms with van der Waals surface area (Å²) < 4.78 is 5.30. The zero-order valence-electron chi connectivity index (χ0n) is 6.79. The smallest absolute Gasteiger partial charge is 0.117 e. The van der Waals surface area contributed by atoms with Crippen molar-refractivity contribution in [3.05, 3.63) is 24.0 Å². The Hall–Kier alpha value is -0.720. The predicted octanol–water partition coefficient (Wildman–Crippen LogP) is 2.50. The van der Waals surface area contributed by atoms with Gasteiger partial charge in [0.2, 0.25) is 0 Å². The van der Waals surface area contributed by atoms with E-state index >= 15 is 0 Å². The third kappa shape index (κ3) is 1.41. The molecule has 0 aromatic rings. The summed E-state index contributed by atoms with van der Waals surface area (Å²) in [4.78, 5) is 0. The molecule has 56 valence electrons. The van der Waals surface area contributed by atoms with Gasteiger partial charge in [0.1, 0.15) is 6.10 Å². The molecule has 1 heterocycles. The Labute approximate surface area is 62.4 Å². The molecule has 0 fully saturated rings. The molecule has 10 heavy (non-hydrogen) atoms. The molecule has 1 heteroatoms. The average Bonchev–Trinajstić information content (AvgIpc) is 1.88. The predicted molar refractivity (Wildman–Crippen MR) is 42.6 cm³/mol. The van der Waals surface area contributed by atoms with Crippen LogP contribution in [0.4, 0.5) is 0 Å². The maximum Gasteiger partial charge on any atom is 0.117 e. The second-order valence-electron chi connectivity index (χ2n) is 2.93. The molecule has 0 radical (unpaired) electrons. The largest absolute Gasteiger partial charge is 0.494 e. The lowest BCUT2D eigenvalue weighted by atomic mass is 9.97. The van der Waals surface area contributed by atoms with Crippen molar-refractivity contribution in [2.45, 2.75) is 26.9 Å². The van der Waals surface area contributed by atoms with Gasteiger partial charge in [-0.05, 0) is 24.5 Å². The normalized spacial score (nSPS) is 24.4. The van der Waals surface area contributed by atoms with Gasteiger partial charge in [-0.25, -0.2) is 0 Å². The maximum atomic E-state index is 5.30. The fraction of sp³-hybridized carbons (Fsp3) is 0.556. The minimum absolute atomic E-state index is 0.269. The van der Waals surface area contributed by atoms with Crippen LogP contribution in [0.15, 0.2) is 24.0 Å². The Balaban J connectivity index is 2.70. The van der Waals surface area contributed by atoms with E-state index in [9.17, 15) is 0 Å². The van der Waals surface area contributed by atoms with Crippen LogP contribution in [0.2, 0.25) is 0 Å². The Bertz CT molecular complexity index is 166. The molecular weight excluding hydrogens is 124 g/mol. The van der Waals surface area contributed by atoms with Crippen LogP contribution in [0.5, 0.6) is 0 Å². The van der Waals surface area contributed by atoms with Crippen molar-refractivity contribution >= 4 is 0 Å². The molecule has 0 aromatic heterocycles. The summed E-state index contributed by atoms with van der Waals surface area (Å²) in [7, 11) is 0. The van der Waals surface area contributed by atoms with Crippen molar-refractivity contribution in [1.29, 1.82) is 0 Å². The van der Waals surface area contributed by atoms with E-state index in [0.717, 1.165) is 0 Å². The van der Waals surface area contributed by atoms with Gasteiger partial charge in [0.15, 0.2) is 0 Å². The van der Waals surface area contributed by atoms with Crippen molar-refractivity contribution in [3.63, 3.8) is 0 Å². The van der Waals surface area contributed by atoms with Gasteiger partial charge in [-0.2, -0.15) is 0 Å². The summed E-state index contributed by atoms with van der Waals surface area (Å²) in [5.74, 6) is 0.597. The van der Waals surface area contributed by atoms with Crippen LogP contribution in [0.3, 0.4) is 0 Å². The topological polar surface area (TPSA) is 9.23 Å². The quantitative estimate of drug-likeness (QED) is 0.541. The molecule has 0 saturated heterocycles. The van der Waals surface area contributed by atoms with E-state index in [1.807, 2.05) is 6.08 Å². The summed E-state index contributed by atoms with van der Waals surface area (Å²) in [5, 5.41) is 0. The Morgan fingerprint density at radius 3 is 2.60 bits per heavy atom. The Morgan fingerprint density at radius 2 is 2.20 bits per heavy atom. The fourth-order valence-electron chi connectivity index (χ4n) is 1.19. The van der Waals surface area contributed by atoms with E-state index in [1.165, 1.54) is 5.57 Å². The molecule has 1 atom stereocenters. The molecule has 0 aliphatic carbocycles. The molecule has 0 bridgehead atoms. The molecule has 0 N–H and O–H groups in total. The molecule has 0 spiro atoms. The summed E-state index contributed by atoms with van der Waals surface area (Å²) in [6.07, 6.45) is 6.11. The first-order valence-electron chi connectivity index (χ1n) is 3.74. The molecule has 1 unspecified atom stereocenters. The first kappa shape index (κ1) is 7.39. The minimum atomic E-state index is 0.269. The van der Waals surface area contributed by atoms with E-state index in [2.05, 4.69) is 26.8 Å². The van der Waals surface area contributed by atoms with E-state index in [0.29, 0.717) is 5.92 Å². The van der Waals surface area contributed by atoms with Crippen LogP contribution >= 0.6 is 0 Å². The number of ether oxygens (including phenoxy) is 1. The number of rotatable bonds is 1. The molecule has 1 aliphatic rings. The van der Waals surface area contributed by atoms with Crippen LogP contribution in [0.1, 0.15) is 20.8 Å². The van der Waals surface area contributed by atoms with Crippen molar-refractivity contribution in [1.82, 2.24) is 0 Å². The molecular formula is C9H14O. The Morgan fingerprint density at radius 1 is 1.50 bits per heavy atom. The van der Waals surface area contributed by atoms with Crippen molar-refractivity contribution in [3.8, 4) is 0 Å². The zero-order valence-corrected chi connectivity index (χ0v) is 6.79. The average molecular weight is 138 g/mol. The first-order chi connectivity index (χ1) is 4.72. The third-order valence-electron chi connectivity index (χ3n) is 1.79.